The van der Waals surface area contributed by atoms with Crippen molar-refractivity contribution in [1.82, 2.24) is 4.31 Å². The molecule has 9 nitrogen and oxygen atoms in total. The molecule has 1 saturated heterocycles. The molecule has 1 N–H and O–H groups in total. The molecule has 0 atom stereocenters. The minimum Gasteiger partial charge on any atom is -0.379 e. The monoisotopic (exact) mass is 503 g/mol. The molecule has 0 saturated carbocycles. The maximum absolute atomic E-state index is 12.8. The molecule has 1 aliphatic rings. The number of carbonyl (C=O) groups excluding carboxylic acids is 1. The molecule has 0 radical (unpaired) electrons. The van der Waals surface area contributed by atoms with Crippen molar-refractivity contribution in [2.75, 3.05) is 48.7 Å². The number of fused-ring (bicyclic) bond motifs is 1. The van der Waals surface area contributed by atoms with Gasteiger partial charge in [0.15, 0.2) is 0 Å². The highest BCUT2D eigenvalue weighted by atomic mass is 32.2. The Hall–Kier alpha value is -2.99. The van der Waals surface area contributed by atoms with E-state index in [0.29, 0.717) is 18.9 Å². The molecule has 1 aliphatic heterocycles. The van der Waals surface area contributed by atoms with Gasteiger partial charge in [0.1, 0.15) is 6.54 Å². The Morgan fingerprint density at radius 3 is 2.24 bits per heavy atom. The van der Waals surface area contributed by atoms with Gasteiger partial charge in [-0.3, -0.25) is 9.10 Å². The highest BCUT2D eigenvalue weighted by Gasteiger charge is 2.27. The minimum atomic E-state index is -3.81. The SMILES string of the molecule is CS(=O)(=O)N(CC(=O)Nc1ccc2ccccc2c1)c1ccc(S(=O)(=O)N2CCOCC2)cc1. The molecule has 0 aromatic heterocycles. The third-order valence-corrected chi connectivity index (χ3v) is 8.51. The number of hydrogen-bond donors (Lipinski definition) is 1. The summed E-state index contributed by atoms with van der Waals surface area (Å²) in [4.78, 5) is 12.7. The van der Waals surface area contributed by atoms with Crippen LogP contribution < -0.4 is 9.62 Å². The van der Waals surface area contributed by atoms with Crippen LogP contribution in [0.3, 0.4) is 0 Å². The van der Waals surface area contributed by atoms with Crippen molar-refractivity contribution in [1.29, 1.82) is 0 Å². The van der Waals surface area contributed by atoms with Gasteiger partial charge < -0.3 is 10.1 Å². The second-order valence-corrected chi connectivity index (χ2v) is 11.7. The summed E-state index contributed by atoms with van der Waals surface area (Å²) in [5.74, 6) is -0.522. The first-order chi connectivity index (χ1) is 16.1. The van der Waals surface area contributed by atoms with Crippen LogP contribution in [-0.2, 0) is 29.6 Å². The van der Waals surface area contributed by atoms with Crippen molar-refractivity contribution in [3.63, 3.8) is 0 Å². The molecule has 1 amide bonds. The van der Waals surface area contributed by atoms with Crippen LogP contribution in [0.25, 0.3) is 10.8 Å². The maximum Gasteiger partial charge on any atom is 0.245 e. The van der Waals surface area contributed by atoms with E-state index in [1.807, 2.05) is 36.4 Å². The van der Waals surface area contributed by atoms with Crippen LogP contribution in [0, 0.1) is 0 Å². The van der Waals surface area contributed by atoms with Crippen molar-refractivity contribution in [3.05, 3.63) is 66.7 Å². The molecule has 180 valence electrons. The van der Waals surface area contributed by atoms with Gasteiger partial charge in [0.25, 0.3) is 0 Å². The van der Waals surface area contributed by atoms with E-state index < -0.39 is 32.5 Å². The summed E-state index contributed by atoms with van der Waals surface area (Å²) in [5.41, 5.74) is 0.737. The number of sulfonamides is 2. The number of amides is 1. The van der Waals surface area contributed by atoms with E-state index >= 15 is 0 Å². The fourth-order valence-corrected chi connectivity index (χ4v) is 5.98. The largest absolute Gasteiger partial charge is 0.379 e. The number of nitrogens with zero attached hydrogens (tertiary/aromatic N) is 2. The average Bonchev–Trinajstić information content (AvgIpc) is 2.82. The van der Waals surface area contributed by atoms with Gasteiger partial charge in [0, 0.05) is 18.8 Å². The molecule has 34 heavy (non-hydrogen) atoms. The van der Waals surface area contributed by atoms with Gasteiger partial charge in [0.05, 0.1) is 30.1 Å². The van der Waals surface area contributed by atoms with Crippen LogP contribution in [0.2, 0.25) is 0 Å². The first-order valence-corrected chi connectivity index (χ1v) is 13.9. The molecule has 3 aromatic carbocycles. The number of rotatable bonds is 7. The van der Waals surface area contributed by atoms with Gasteiger partial charge >= 0.3 is 0 Å². The lowest BCUT2D eigenvalue weighted by atomic mass is 10.1. The van der Waals surface area contributed by atoms with Crippen LogP contribution in [0.5, 0.6) is 0 Å². The first-order valence-electron chi connectivity index (χ1n) is 10.6. The molecule has 0 aliphatic carbocycles. The fraction of sp³-hybridized carbons (Fsp3) is 0.261. The van der Waals surface area contributed by atoms with Crippen molar-refractivity contribution in [2.24, 2.45) is 0 Å². The number of morpholine rings is 1. The zero-order valence-electron chi connectivity index (χ0n) is 18.5. The molecule has 3 aromatic rings. The summed E-state index contributed by atoms with van der Waals surface area (Å²) in [5, 5.41) is 4.69. The van der Waals surface area contributed by atoms with Crippen LogP contribution >= 0.6 is 0 Å². The number of nitrogens with one attached hydrogen (secondary N) is 1. The van der Waals surface area contributed by atoms with Gasteiger partial charge in [-0.1, -0.05) is 30.3 Å². The summed E-state index contributed by atoms with van der Waals surface area (Å²) >= 11 is 0. The van der Waals surface area contributed by atoms with E-state index in [2.05, 4.69) is 5.32 Å². The maximum atomic E-state index is 12.8. The Morgan fingerprint density at radius 2 is 1.59 bits per heavy atom. The highest BCUT2D eigenvalue weighted by molar-refractivity contribution is 7.92. The standard InChI is InChI=1S/C23H25N3O6S2/c1-33(28,29)26(17-23(27)24-20-7-6-18-4-2-3-5-19(18)16-20)21-8-10-22(11-9-21)34(30,31)25-12-14-32-15-13-25/h2-11,16H,12-15,17H2,1H3,(H,24,27). The number of benzene rings is 3. The lowest BCUT2D eigenvalue weighted by Crippen LogP contribution is -2.40. The lowest BCUT2D eigenvalue weighted by molar-refractivity contribution is -0.114. The average molecular weight is 504 g/mol. The molecule has 4 rings (SSSR count). The normalized spacial score (nSPS) is 15.2. The number of ether oxygens (including phenoxy) is 1. The predicted molar refractivity (Wildman–Crippen MR) is 131 cm³/mol. The van der Waals surface area contributed by atoms with E-state index in [4.69, 9.17) is 4.74 Å². The Kier molecular flexibility index (Phi) is 6.89. The van der Waals surface area contributed by atoms with E-state index in [1.54, 1.807) is 6.07 Å². The van der Waals surface area contributed by atoms with Crippen molar-refractivity contribution in [2.45, 2.75) is 4.90 Å². The van der Waals surface area contributed by atoms with Crippen LogP contribution in [0.4, 0.5) is 11.4 Å². The number of carbonyl (C=O) groups is 1. The van der Waals surface area contributed by atoms with Crippen LogP contribution in [-0.4, -0.2) is 66.2 Å². The summed E-state index contributed by atoms with van der Waals surface area (Å²) in [7, 11) is -7.53. The zero-order valence-corrected chi connectivity index (χ0v) is 20.2. The molecule has 11 heteroatoms. The summed E-state index contributed by atoms with van der Waals surface area (Å²) in [6.45, 7) is 0.710. The lowest BCUT2D eigenvalue weighted by Gasteiger charge is -2.26. The number of hydrogen-bond acceptors (Lipinski definition) is 6. The number of anilines is 2. The Morgan fingerprint density at radius 1 is 0.941 bits per heavy atom. The van der Waals surface area contributed by atoms with Crippen molar-refractivity contribution in [3.8, 4) is 0 Å². The molecule has 1 fully saturated rings. The first kappa shape index (κ1) is 24.1. The van der Waals surface area contributed by atoms with Gasteiger partial charge in [0.2, 0.25) is 26.0 Å². The van der Waals surface area contributed by atoms with E-state index in [9.17, 15) is 21.6 Å². The van der Waals surface area contributed by atoms with Crippen molar-refractivity contribution < 1.29 is 26.4 Å². The second-order valence-electron chi connectivity index (χ2n) is 7.89. The van der Waals surface area contributed by atoms with Gasteiger partial charge in [-0.25, -0.2) is 16.8 Å². The molecule has 0 spiro atoms. The summed E-state index contributed by atoms with van der Waals surface area (Å²) in [6, 6.07) is 18.6. The Balaban J connectivity index is 1.51. The zero-order chi connectivity index (χ0) is 24.3. The van der Waals surface area contributed by atoms with Crippen LogP contribution in [0.1, 0.15) is 0 Å². The Bertz CT molecular complexity index is 1400. The molecular formula is C23H25N3O6S2. The summed E-state index contributed by atoms with van der Waals surface area (Å²) < 4.78 is 58.0. The third-order valence-electron chi connectivity index (χ3n) is 5.45. The molecular weight excluding hydrogens is 478 g/mol. The minimum absolute atomic E-state index is 0.0483. The van der Waals surface area contributed by atoms with Gasteiger partial charge in [-0.05, 0) is 47.2 Å². The van der Waals surface area contributed by atoms with E-state index in [0.717, 1.165) is 21.3 Å². The summed E-state index contributed by atoms with van der Waals surface area (Å²) in [6.07, 6.45) is 0.995. The second kappa shape index (κ2) is 9.71. The fourth-order valence-electron chi connectivity index (χ4n) is 3.72. The van der Waals surface area contributed by atoms with Gasteiger partial charge in [-0.2, -0.15) is 4.31 Å². The Labute approximate surface area is 199 Å². The third kappa shape index (κ3) is 5.39. The quantitative estimate of drug-likeness (QED) is 0.529. The van der Waals surface area contributed by atoms with Crippen molar-refractivity contribution >= 4 is 48.1 Å². The van der Waals surface area contributed by atoms with E-state index in [1.165, 1.54) is 28.6 Å². The topological polar surface area (TPSA) is 113 Å². The predicted octanol–water partition coefficient (Wildman–Crippen LogP) is 2.27. The molecule has 1 heterocycles. The van der Waals surface area contributed by atoms with E-state index in [-0.39, 0.29) is 23.7 Å². The smallest absolute Gasteiger partial charge is 0.245 e. The molecule has 0 unspecified atom stereocenters. The molecule has 0 bridgehead atoms. The van der Waals surface area contributed by atoms with Gasteiger partial charge in [-0.15, -0.1) is 0 Å². The highest BCUT2D eigenvalue weighted by Crippen LogP contribution is 2.24. The van der Waals surface area contributed by atoms with Crippen LogP contribution in [0.15, 0.2) is 71.6 Å².